The van der Waals surface area contributed by atoms with Crippen LogP contribution in [-0.4, -0.2) is 45.4 Å². The summed E-state index contributed by atoms with van der Waals surface area (Å²) >= 11 is 0. The first-order valence-electron chi connectivity index (χ1n) is 11.3. The van der Waals surface area contributed by atoms with Crippen molar-refractivity contribution in [3.8, 4) is 11.5 Å². The van der Waals surface area contributed by atoms with Crippen molar-refractivity contribution in [2.45, 2.75) is 72.0 Å². The molecule has 8 heteroatoms. The number of benzene rings is 1. The molecule has 1 aromatic heterocycles. The molecule has 8 nitrogen and oxygen atoms in total. The Morgan fingerprint density at radius 1 is 1.16 bits per heavy atom. The molecule has 1 aromatic carbocycles. The zero-order chi connectivity index (χ0) is 22.2. The minimum Gasteiger partial charge on any atom is -0.493 e. The Morgan fingerprint density at radius 3 is 2.74 bits per heavy atom. The quantitative estimate of drug-likeness (QED) is 0.579. The zero-order valence-electron chi connectivity index (χ0n) is 18.9. The Kier molecular flexibility index (Phi) is 8.14. The van der Waals surface area contributed by atoms with Gasteiger partial charge in [0.1, 0.15) is 12.4 Å². The van der Waals surface area contributed by atoms with Gasteiger partial charge in [-0.1, -0.05) is 26.3 Å². The molecular weight excluding hydrogens is 396 g/mol. The van der Waals surface area contributed by atoms with E-state index in [0.29, 0.717) is 37.7 Å². The van der Waals surface area contributed by atoms with Crippen LogP contribution in [0, 0.1) is 0 Å². The number of fused-ring (bicyclic) bond motifs is 1. The first-order valence-corrected chi connectivity index (χ1v) is 11.3. The number of carbonyl (C=O) groups excluding carboxylic acids is 1. The maximum atomic E-state index is 13.1. The second kappa shape index (κ2) is 11.0. The Hall–Kier alpha value is -2.77. The smallest absolute Gasteiger partial charge is 0.346 e. The third-order valence-corrected chi connectivity index (χ3v) is 5.48. The van der Waals surface area contributed by atoms with E-state index in [9.17, 15) is 9.59 Å². The number of nitrogens with zero attached hydrogens (tertiary/aromatic N) is 4. The highest BCUT2D eigenvalue weighted by molar-refractivity contribution is 5.75. The molecule has 3 rings (SSSR count). The van der Waals surface area contributed by atoms with Crippen LogP contribution in [0.2, 0.25) is 0 Å². The average Bonchev–Trinajstić information content (AvgIpc) is 2.93. The summed E-state index contributed by atoms with van der Waals surface area (Å²) in [5, 5.41) is 4.45. The highest BCUT2D eigenvalue weighted by Crippen LogP contribution is 2.28. The minimum atomic E-state index is -0.180. The Labute approximate surface area is 183 Å². The van der Waals surface area contributed by atoms with Crippen LogP contribution >= 0.6 is 0 Å². The number of rotatable bonds is 10. The molecule has 1 amide bonds. The molecule has 0 bridgehead atoms. The maximum absolute atomic E-state index is 13.1. The molecule has 1 aliphatic rings. The molecule has 2 aromatic rings. The monoisotopic (exact) mass is 430 g/mol. The number of ether oxygens (including phenoxy) is 2. The van der Waals surface area contributed by atoms with Crippen LogP contribution in [0.25, 0.3) is 0 Å². The highest BCUT2D eigenvalue weighted by atomic mass is 16.5. The lowest BCUT2D eigenvalue weighted by molar-refractivity contribution is -0.132. The second-order valence-corrected chi connectivity index (χ2v) is 7.97. The van der Waals surface area contributed by atoms with E-state index >= 15 is 0 Å². The van der Waals surface area contributed by atoms with Crippen molar-refractivity contribution in [2.75, 3.05) is 20.3 Å². The standard InChI is InChI=1S/C23H34N4O4/c1-4-12-25(16-18-10-11-19(31-14-5-2)20(15-18)30-3)22(28)17-27-23(29)26-13-8-6-7-9-21(26)24-27/h10-11,15H,4-9,12-14,16-17H2,1-3H3. The fraction of sp³-hybridized carbons (Fsp3) is 0.609. The van der Waals surface area contributed by atoms with E-state index in [-0.39, 0.29) is 18.1 Å². The van der Waals surface area contributed by atoms with E-state index in [1.807, 2.05) is 25.1 Å². The van der Waals surface area contributed by atoms with E-state index in [4.69, 9.17) is 9.47 Å². The first kappa shape index (κ1) is 22.9. The van der Waals surface area contributed by atoms with Gasteiger partial charge in [0.2, 0.25) is 5.91 Å². The maximum Gasteiger partial charge on any atom is 0.346 e. The number of aromatic nitrogens is 3. The third kappa shape index (κ3) is 5.68. The minimum absolute atomic E-state index is 0.0341. The normalized spacial score (nSPS) is 13.4. The Balaban J connectivity index is 1.73. The molecule has 0 radical (unpaired) electrons. The molecule has 0 saturated carbocycles. The summed E-state index contributed by atoms with van der Waals surface area (Å²) < 4.78 is 14.2. The Morgan fingerprint density at radius 2 is 2.00 bits per heavy atom. The van der Waals surface area contributed by atoms with Crippen molar-refractivity contribution in [1.82, 2.24) is 19.2 Å². The van der Waals surface area contributed by atoms with Gasteiger partial charge >= 0.3 is 5.69 Å². The molecule has 0 aliphatic carbocycles. The van der Waals surface area contributed by atoms with Crippen LogP contribution in [-0.2, 0) is 30.8 Å². The molecule has 0 saturated heterocycles. The van der Waals surface area contributed by atoms with E-state index in [1.165, 1.54) is 4.68 Å². The van der Waals surface area contributed by atoms with Gasteiger partial charge in [-0.25, -0.2) is 9.48 Å². The van der Waals surface area contributed by atoms with Gasteiger partial charge in [-0.15, -0.1) is 0 Å². The summed E-state index contributed by atoms with van der Waals surface area (Å²) in [4.78, 5) is 27.5. The van der Waals surface area contributed by atoms with Gasteiger partial charge in [0, 0.05) is 26.1 Å². The lowest BCUT2D eigenvalue weighted by Gasteiger charge is -2.22. The van der Waals surface area contributed by atoms with Gasteiger partial charge in [0.25, 0.3) is 0 Å². The molecule has 0 fully saturated rings. The lowest BCUT2D eigenvalue weighted by Crippen LogP contribution is -2.37. The lowest BCUT2D eigenvalue weighted by atomic mass is 10.1. The van der Waals surface area contributed by atoms with Crippen molar-refractivity contribution < 1.29 is 14.3 Å². The van der Waals surface area contributed by atoms with Crippen LogP contribution < -0.4 is 15.2 Å². The number of methoxy groups -OCH3 is 1. The third-order valence-electron chi connectivity index (χ3n) is 5.48. The van der Waals surface area contributed by atoms with Gasteiger partial charge in [-0.3, -0.25) is 9.36 Å². The summed E-state index contributed by atoms with van der Waals surface area (Å²) in [6, 6.07) is 5.75. The molecule has 1 aliphatic heterocycles. The average molecular weight is 431 g/mol. The summed E-state index contributed by atoms with van der Waals surface area (Å²) in [5.41, 5.74) is 0.774. The largest absolute Gasteiger partial charge is 0.493 e. The molecule has 0 unspecified atom stereocenters. The molecule has 0 N–H and O–H groups in total. The fourth-order valence-electron chi connectivity index (χ4n) is 3.88. The van der Waals surface area contributed by atoms with Crippen LogP contribution in [0.1, 0.15) is 57.3 Å². The molecule has 2 heterocycles. The number of hydrogen-bond acceptors (Lipinski definition) is 5. The van der Waals surface area contributed by atoms with Crippen molar-refractivity contribution >= 4 is 5.91 Å². The predicted octanol–water partition coefficient (Wildman–Crippen LogP) is 3.01. The number of carbonyl (C=O) groups is 1. The van der Waals surface area contributed by atoms with Crippen LogP contribution in [0.5, 0.6) is 11.5 Å². The number of amides is 1. The number of aryl methyl sites for hydroxylation is 1. The molecule has 0 spiro atoms. The summed E-state index contributed by atoms with van der Waals surface area (Å²) in [7, 11) is 1.61. The number of hydrogen-bond donors (Lipinski definition) is 0. The summed E-state index contributed by atoms with van der Waals surface area (Å²) in [6.07, 6.45) is 5.66. The van der Waals surface area contributed by atoms with Crippen LogP contribution in [0.15, 0.2) is 23.0 Å². The molecule has 31 heavy (non-hydrogen) atoms. The van der Waals surface area contributed by atoms with Gasteiger partial charge < -0.3 is 14.4 Å². The van der Waals surface area contributed by atoms with Crippen LogP contribution in [0.4, 0.5) is 0 Å². The van der Waals surface area contributed by atoms with Crippen molar-refractivity contribution in [1.29, 1.82) is 0 Å². The molecule has 170 valence electrons. The second-order valence-electron chi connectivity index (χ2n) is 7.97. The van der Waals surface area contributed by atoms with E-state index in [2.05, 4.69) is 12.0 Å². The van der Waals surface area contributed by atoms with E-state index < -0.39 is 0 Å². The van der Waals surface area contributed by atoms with Crippen molar-refractivity contribution in [3.05, 3.63) is 40.1 Å². The van der Waals surface area contributed by atoms with Gasteiger partial charge in [-0.05, 0) is 43.4 Å². The van der Waals surface area contributed by atoms with Crippen molar-refractivity contribution in [2.24, 2.45) is 0 Å². The SMILES string of the molecule is CCCOc1ccc(CN(CCC)C(=O)Cn2nc3n(c2=O)CCCCC3)cc1OC. The van der Waals surface area contributed by atoms with Gasteiger partial charge in [0.15, 0.2) is 11.5 Å². The van der Waals surface area contributed by atoms with Crippen molar-refractivity contribution in [3.63, 3.8) is 0 Å². The predicted molar refractivity (Wildman–Crippen MR) is 119 cm³/mol. The Bertz CT molecular complexity index is 934. The highest BCUT2D eigenvalue weighted by Gasteiger charge is 2.20. The zero-order valence-corrected chi connectivity index (χ0v) is 18.9. The van der Waals surface area contributed by atoms with Gasteiger partial charge in [-0.2, -0.15) is 5.10 Å². The van der Waals surface area contributed by atoms with E-state index in [0.717, 1.165) is 49.9 Å². The van der Waals surface area contributed by atoms with E-state index in [1.54, 1.807) is 16.6 Å². The topological polar surface area (TPSA) is 78.6 Å². The van der Waals surface area contributed by atoms with Gasteiger partial charge in [0.05, 0.1) is 13.7 Å². The molecular formula is C23H34N4O4. The first-order chi connectivity index (χ1) is 15.1. The molecule has 0 atom stereocenters. The summed E-state index contributed by atoms with van der Waals surface area (Å²) in [6.45, 7) is 6.42. The van der Waals surface area contributed by atoms with Crippen LogP contribution in [0.3, 0.4) is 0 Å². The summed E-state index contributed by atoms with van der Waals surface area (Å²) in [5.74, 6) is 2.05. The fourth-order valence-corrected chi connectivity index (χ4v) is 3.88.